The van der Waals surface area contributed by atoms with Crippen LogP contribution >= 0.6 is 15.9 Å². The smallest absolute Gasteiger partial charge is 0.0595 e. The molecule has 14 heavy (non-hydrogen) atoms. The summed E-state index contributed by atoms with van der Waals surface area (Å²) in [5.41, 5.74) is 7.06. The van der Waals surface area contributed by atoms with Crippen LogP contribution in [0.3, 0.4) is 0 Å². The minimum atomic E-state index is -0.630. The highest BCUT2D eigenvalue weighted by atomic mass is 79.9. The molecule has 0 atom stereocenters. The van der Waals surface area contributed by atoms with E-state index < -0.39 is 5.60 Å². The summed E-state index contributed by atoms with van der Waals surface area (Å²) in [5, 5.41) is 9.59. The van der Waals surface area contributed by atoms with E-state index in [0.717, 1.165) is 22.1 Å². The maximum atomic E-state index is 9.59. The van der Waals surface area contributed by atoms with Crippen molar-refractivity contribution in [3.05, 3.63) is 28.2 Å². The predicted molar refractivity (Wildman–Crippen MR) is 63.2 cm³/mol. The molecule has 0 radical (unpaired) electrons. The van der Waals surface area contributed by atoms with E-state index in [1.165, 1.54) is 0 Å². The van der Waals surface area contributed by atoms with Crippen molar-refractivity contribution >= 4 is 21.6 Å². The Hall–Kier alpha value is -0.540. The van der Waals surface area contributed by atoms with Crippen molar-refractivity contribution < 1.29 is 5.11 Å². The number of hydrogen-bond acceptors (Lipinski definition) is 2. The molecule has 0 aromatic heterocycles. The van der Waals surface area contributed by atoms with Gasteiger partial charge in [-0.05, 0) is 50.5 Å². The van der Waals surface area contributed by atoms with Gasteiger partial charge in [-0.1, -0.05) is 15.9 Å². The first kappa shape index (κ1) is 11.5. The first-order valence-corrected chi connectivity index (χ1v) is 5.44. The third-order valence-electron chi connectivity index (χ3n) is 2.11. The zero-order chi connectivity index (χ0) is 10.8. The van der Waals surface area contributed by atoms with Gasteiger partial charge in [-0.3, -0.25) is 0 Å². The molecule has 0 aliphatic carbocycles. The molecule has 0 bridgehead atoms. The van der Waals surface area contributed by atoms with Crippen molar-refractivity contribution in [3.8, 4) is 0 Å². The molecule has 2 nitrogen and oxygen atoms in total. The lowest BCUT2D eigenvalue weighted by Gasteiger charge is -2.17. The minimum absolute atomic E-state index is 0.630. The zero-order valence-electron chi connectivity index (χ0n) is 8.55. The Bertz CT molecular complexity index is 318. The fourth-order valence-electron chi connectivity index (χ4n) is 1.23. The number of halogens is 1. The van der Waals surface area contributed by atoms with Crippen molar-refractivity contribution in [1.29, 1.82) is 0 Å². The lowest BCUT2D eigenvalue weighted by Crippen LogP contribution is -2.19. The molecule has 0 spiro atoms. The molecular formula is C11H16BrNO. The van der Waals surface area contributed by atoms with Gasteiger partial charge in [-0.15, -0.1) is 0 Å². The van der Waals surface area contributed by atoms with Crippen LogP contribution in [0.25, 0.3) is 0 Å². The molecule has 1 rings (SSSR count). The molecule has 0 amide bonds. The van der Waals surface area contributed by atoms with Gasteiger partial charge in [0.05, 0.1) is 5.60 Å². The van der Waals surface area contributed by atoms with Crippen molar-refractivity contribution in [2.45, 2.75) is 32.3 Å². The van der Waals surface area contributed by atoms with Gasteiger partial charge in [-0.2, -0.15) is 0 Å². The molecule has 0 unspecified atom stereocenters. The Labute approximate surface area is 93.3 Å². The topological polar surface area (TPSA) is 46.2 Å². The second-order valence-corrected chi connectivity index (χ2v) is 5.07. The van der Waals surface area contributed by atoms with Crippen LogP contribution in [0.4, 0.5) is 5.69 Å². The van der Waals surface area contributed by atoms with Crippen LogP contribution in [0.5, 0.6) is 0 Å². The van der Waals surface area contributed by atoms with Crippen LogP contribution in [-0.4, -0.2) is 10.7 Å². The summed E-state index contributed by atoms with van der Waals surface area (Å²) >= 11 is 3.40. The molecule has 0 aliphatic rings. The standard InChI is InChI=1S/C11H16BrNO/c1-11(2,14)6-5-8-7-9(12)3-4-10(8)13/h3-4,7,14H,5-6,13H2,1-2H3. The molecule has 0 heterocycles. The van der Waals surface area contributed by atoms with E-state index in [-0.39, 0.29) is 0 Å². The second-order valence-electron chi connectivity index (χ2n) is 4.16. The third-order valence-corrected chi connectivity index (χ3v) is 2.60. The molecule has 0 aliphatic heterocycles. The first-order valence-electron chi connectivity index (χ1n) is 4.65. The van der Waals surface area contributed by atoms with E-state index in [1.807, 2.05) is 18.2 Å². The fourth-order valence-corrected chi connectivity index (χ4v) is 1.64. The highest BCUT2D eigenvalue weighted by Gasteiger charge is 2.13. The number of hydrogen-bond donors (Lipinski definition) is 2. The molecule has 1 aromatic rings. The van der Waals surface area contributed by atoms with Gasteiger partial charge >= 0.3 is 0 Å². The van der Waals surface area contributed by atoms with Crippen molar-refractivity contribution in [3.63, 3.8) is 0 Å². The molecule has 3 N–H and O–H groups in total. The van der Waals surface area contributed by atoms with Gasteiger partial charge in [0.2, 0.25) is 0 Å². The second kappa shape index (κ2) is 4.32. The molecule has 1 aromatic carbocycles. The highest BCUT2D eigenvalue weighted by Crippen LogP contribution is 2.22. The van der Waals surface area contributed by atoms with E-state index in [0.29, 0.717) is 6.42 Å². The fraction of sp³-hybridized carbons (Fsp3) is 0.455. The number of benzene rings is 1. The zero-order valence-corrected chi connectivity index (χ0v) is 10.1. The maximum Gasteiger partial charge on any atom is 0.0595 e. The van der Waals surface area contributed by atoms with Gasteiger partial charge in [0.1, 0.15) is 0 Å². The van der Waals surface area contributed by atoms with Crippen LogP contribution in [0, 0.1) is 0 Å². The number of anilines is 1. The molecule has 3 heteroatoms. The van der Waals surface area contributed by atoms with Gasteiger partial charge < -0.3 is 10.8 Å². The summed E-state index contributed by atoms with van der Waals surface area (Å²) < 4.78 is 1.03. The summed E-state index contributed by atoms with van der Waals surface area (Å²) in [5.74, 6) is 0. The Kier molecular flexibility index (Phi) is 3.56. The highest BCUT2D eigenvalue weighted by molar-refractivity contribution is 9.10. The van der Waals surface area contributed by atoms with Crippen molar-refractivity contribution in [2.75, 3.05) is 5.73 Å². The Morgan fingerprint density at radius 2 is 2.07 bits per heavy atom. The lowest BCUT2D eigenvalue weighted by molar-refractivity contribution is 0.0714. The van der Waals surface area contributed by atoms with Crippen LogP contribution < -0.4 is 5.73 Å². The van der Waals surface area contributed by atoms with Crippen molar-refractivity contribution in [2.24, 2.45) is 0 Å². The van der Waals surface area contributed by atoms with E-state index in [1.54, 1.807) is 13.8 Å². The van der Waals surface area contributed by atoms with Gasteiger partial charge in [0.25, 0.3) is 0 Å². The summed E-state index contributed by atoms with van der Waals surface area (Å²) in [6.07, 6.45) is 1.52. The number of aliphatic hydroxyl groups is 1. The van der Waals surface area contributed by atoms with Crippen molar-refractivity contribution in [1.82, 2.24) is 0 Å². The average Bonchev–Trinajstić information content (AvgIpc) is 2.05. The number of rotatable bonds is 3. The summed E-state index contributed by atoms with van der Waals surface area (Å²) in [4.78, 5) is 0. The monoisotopic (exact) mass is 257 g/mol. The van der Waals surface area contributed by atoms with Crippen LogP contribution in [0.1, 0.15) is 25.8 Å². The van der Waals surface area contributed by atoms with Crippen LogP contribution in [0.2, 0.25) is 0 Å². The van der Waals surface area contributed by atoms with E-state index >= 15 is 0 Å². The summed E-state index contributed by atoms with van der Waals surface area (Å²) in [7, 11) is 0. The molecule has 0 fully saturated rings. The van der Waals surface area contributed by atoms with Gasteiger partial charge in [0, 0.05) is 10.2 Å². The molecule has 78 valence electrons. The minimum Gasteiger partial charge on any atom is -0.399 e. The summed E-state index contributed by atoms with van der Waals surface area (Å²) in [6.45, 7) is 3.61. The average molecular weight is 258 g/mol. The van der Waals surface area contributed by atoms with Crippen LogP contribution in [0.15, 0.2) is 22.7 Å². The van der Waals surface area contributed by atoms with E-state index in [9.17, 15) is 5.11 Å². The van der Waals surface area contributed by atoms with Gasteiger partial charge in [-0.25, -0.2) is 0 Å². The maximum absolute atomic E-state index is 9.59. The number of nitrogen functional groups attached to an aromatic ring is 1. The largest absolute Gasteiger partial charge is 0.399 e. The molecule has 0 saturated carbocycles. The molecular weight excluding hydrogens is 242 g/mol. The number of aryl methyl sites for hydroxylation is 1. The van der Waals surface area contributed by atoms with Crippen LogP contribution in [-0.2, 0) is 6.42 Å². The first-order chi connectivity index (χ1) is 6.38. The molecule has 0 saturated heterocycles. The normalized spacial score (nSPS) is 11.7. The van der Waals surface area contributed by atoms with Gasteiger partial charge in [0.15, 0.2) is 0 Å². The quantitative estimate of drug-likeness (QED) is 0.819. The van der Waals surface area contributed by atoms with E-state index in [2.05, 4.69) is 15.9 Å². The Balaban J connectivity index is 2.72. The third kappa shape index (κ3) is 3.68. The summed E-state index contributed by atoms with van der Waals surface area (Å²) in [6, 6.07) is 5.80. The van der Waals surface area contributed by atoms with E-state index in [4.69, 9.17) is 5.73 Å². The Morgan fingerprint density at radius 3 is 2.64 bits per heavy atom. The lowest BCUT2D eigenvalue weighted by atomic mass is 9.98. The predicted octanol–water partition coefficient (Wildman–Crippen LogP) is 2.73. The number of nitrogens with two attached hydrogens (primary N) is 1. The SMILES string of the molecule is CC(C)(O)CCc1cc(Br)ccc1N. The Morgan fingerprint density at radius 1 is 1.43 bits per heavy atom.